The van der Waals surface area contributed by atoms with Gasteiger partial charge in [-0.15, -0.1) is 0 Å². The van der Waals surface area contributed by atoms with Crippen molar-refractivity contribution in [3.05, 3.63) is 59.3 Å². The summed E-state index contributed by atoms with van der Waals surface area (Å²) in [7, 11) is 1.91. The van der Waals surface area contributed by atoms with Crippen molar-refractivity contribution in [2.75, 3.05) is 0 Å². The van der Waals surface area contributed by atoms with Crippen LogP contribution in [0.1, 0.15) is 32.8 Å². The average molecular weight is 466 g/mol. The van der Waals surface area contributed by atoms with Gasteiger partial charge in [0.05, 0.1) is 16.6 Å². The minimum absolute atomic E-state index is 0.0117. The summed E-state index contributed by atoms with van der Waals surface area (Å²) in [6.45, 7) is 5.81. The number of hydrogen-bond acceptors (Lipinski definition) is 5. The molecule has 0 saturated carbocycles. The highest BCUT2D eigenvalue weighted by molar-refractivity contribution is 6.32. The fourth-order valence-electron chi connectivity index (χ4n) is 3.86. The van der Waals surface area contributed by atoms with Gasteiger partial charge in [0.2, 0.25) is 5.82 Å². The van der Waals surface area contributed by atoms with Crippen molar-refractivity contribution >= 4 is 34.0 Å². The normalized spacial score (nSPS) is 12.0. The third-order valence-corrected chi connectivity index (χ3v) is 5.53. The number of rotatable bonds is 7. The maximum absolute atomic E-state index is 11.3. The molecule has 0 saturated heterocycles. The third kappa shape index (κ3) is 4.50. The lowest BCUT2D eigenvalue weighted by Crippen LogP contribution is -2.05. The molecule has 4 rings (SSSR count). The highest BCUT2D eigenvalue weighted by atomic mass is 35.5. The van der Waals surface area contributed by atoms with Crippen LogP contribution in [0.15, 0.2) is 53.2 Å². The number of carboxylic acid groups (broad SMARTS) is 1. The van der Waals surface area contributed by atoms with Crippen LogP contribution < -0.4 is 4.74 Å². The molecular formula is C25H24ClN3O4. The number of aliphatic carboxylic acids is 1. The standard InChI is InChI=1S/C25H24ClN3O4/c1-5-15(12-22(30)31)19-13-29(4)23-17(19)7-6-8-18(23)24-27-25(33-28-24)16-9-10-21(20(26)11-16)32-14(2)3/h6-14H,5H2,1-4H3,(H,30,31)/b15-12+. The van der Waals surface area contributed by atoms with Crippen molar-refractivity contribution in [1.82, 2.24) is 14.7 Å². The van der Waals surface area contributed by atoms with E-state index in [9.17, 15) is 9.90 Å². The number of carboxylic acids is 1. The smallest absolute Gasteiger partial charge is 0.328 e. The lowest BCUT2D eigenvalue weighted by atomic mass is 10.0. The third-order valence-electron chi connectivity index (χ3n) is 5.23. The van der Waals surface area contributed by atoms with Gasteiger partial charge >= 0.3 is 5.97 Å². The Bertz CT molecular complexity index is 1370. The summed E-state index contributed by atoms with van der Waals surface area (Å²) in [6.07, 6.45) is 3.79. The van der Waals surface area contributed by atoms with E-state index in [0.717, 1.165) is 27.6 Å². The van der Waals surface area contributed by atoms with Crippen LogP contribution in [0.2, 0.25) is 5.02 Å². The molecule has 2 aromatic heterocycles. The molecule has 0 atom stereocenters. The van der Waals surface area contributed by atoms with Crippen LogP contribution in [0.3, 0.4) is 0 Å². The molecule has 0 fully saturated rings. The van der Waals surface area contributed by atoms with Gasteiger partial charge in [-0.25, -0.2) is 4.79 Å². The van der Waals surface area contributed by atoms with E-state index < -0.39 is 5.97 Å². The average Bonchev–Trinajstić information content (AvgIpc) is 3.38. The fraction of sp³-hybridized carbons (Fsp3) is 0.240. The Morgan fingerprint density at radius 2 is 2.09 bits per heavy atom. The second-order valence-electron chi connectivity index (χ2n) is 7.95. The summed E-state index contributed by atoms with van der Waals surface area (Å²) in [4.78, 5) is 15.9. The fourth-order valence-corrected chi connectivity index (χ4v) is 4.08. The molecule has 2 aromatic carbocycles. The molecule has 0 bridgehead atoms. The first-order valence-electron chi connectivity index (χ1n) is 10.6. The van der Waals surface area contributed by atoms with Crippen molar-refractivity contribution in [3.8, 4) is 28.6 Å². The zero-order chi connectivity index (χ0) is 23.7. The summed E-state index contributed by atoms with van der Waals surface area (Å²) in [6, 6.07) is 11.1. The van der Waals surface area contributed by atoms with Crippen molar-refractivity contribution < 1.29 is 19.2 Å². The molecule has 170 valence electrons. The van der Waals surface area contributed by atoms with E-state index in [1.807, 2.05) is 62.8 Å². The van der Waals surface area contributed by atoms with Crippen molar-refractivity contribution in [3.63, 3.8) is 0 Å². The number of aromatic nitrogens is 3. The van der Waals surface area contributed by atoms with Crippen LogP contribution >= 0.6 is 11.6 Å². The van der Waals surface area contributed by atoms with Gasteiger partial charge in [-0.05, 0) is 50.1 Å². The number of halogens is 1. The Morgan fingerprint density at radius 3 is 2.76 bits per heavy atom. The summed E-state index contributed by atoms with van der Waals surface area (Å²) in [5, 5.41) is 14.8. The molecule has 0 aliphatic carbocycles. The number of benzene rings is 2. The molecule has 0 spiro atoms. The van der Waals surface area contributed by atoms with Gasteiger partial charge in [0, 0.05) is 41.4 Å². The van der Waals surface area contributed by atoms with Crippen LogP contribution in [0.25, 0.3) is 39.3 Å². The monoisotopic (exact) mass is 465 g/mol. The van der Waals surface area contributed by atoms with Gasteiger partial charge in [-0.2, -0.15) is 4.98 Å². The quantitative estimate of drug-likeness (QED) is 0.326. The second kappa shape index (κ2) is 9.11. The zero-order valence-corrected chi connectivity index (χ0v) is 19.6. The van der Waals surface area contributed by atoms with Crippen LogP contribution in [-0.4, -0.2) is 31.9 Å². The number of carbonyl (C=O) groups is 1. The highest BCUT2D eigenvalue weighted by Gasteiger charge is 2.19. The number of hydrogen-bond donors (Lipinski definition) is 1. The van der Waals surface area contributed by atoms with Crippen LogP contribution in [0.5, 0.6) is 5.75 Å². The predicted octanol–water partition coefficient (Wildman–Crippen LogP) is 6.21. The van der Waals surface area contributed by atoms with E-state index in [1.54, 1.807) is 12.1 Å². The number of allylic oxidation sites excluding steroid dienone is 1. The number of fused-ring (bicyclic) bond motifs is 1. The molecule has 8 heteroatoms. The molecule has 2 heterocycles. The molecule has 7 nitrogen and oxygen atoms in total. The van der Waals surface area contributed by atoms with E-state index in [-0.39, 0.29) is 6.10 Å². The van der Waals surface area contributed by atoms with E-state index in [4.69, 9.17) is 20.9 Å². The molecule has 0 unspecified atom stereocenters. The minimum atomic E-state index is -0.966. The molecule has 0 amide bonds. The van der Waals surface area contributed by atoms with Crippen LogP contribution in [0.4, 0.5) is 0 Å². The molecule has 4 aromatic rings. The largest absolute Gasteiger partial charge is 0.489 e. The minimum Gasteiger partial charge on any atom is -0.489 e. The van der Waals surface area contributed by atoms with Crippen molar-refractivity contribution in [2.45, 2.75) is 33.3 Å². The number of para-hydroxylation sites is 1. The Morgan fingerprint density at radius 1 is 1.30 bits per heavy atom. The second-order valence-corrected chi connectivity index (χ2v) is 8.36. The summed E-state index contributed by atoms with van der Waals surface area (Å²) >= 11 is 6.36. The van der Waals surface area contributed by atoms with Gasteiger partial charge in [0.1, 0.15) is 5.75 Å². The van der Waals surface area contributed by atoms with Crippen LogP contribution in [-0.2, 0) is 11.8 Å². The summed E-state index contributed by atoms with van der Waals surface area (Å²) < 4.78 is 13.2. The van der Waals surface area contributed by atoms with Crippen LogP contribution in [0, 0.1) is 0 Å². The first-order valence-corrected chi connectivity index (χ1v) is 11.0. The molecule has 0 aliphatic heterocycles. The van der Waals surface area contributed by atoms with Gasteiger partial charge in [0.25, 0.3) is 5.89 Å². The first-order chi connectivity index (χ1) is 15.8. The number of ether oxygens (including phenoxy) is 1. The van der Waals surface area contributed by atoms with E-state index in [1.165, 1.54) is 6.08 Å². The molecule has 33 heavy (non-hydrogen) atoms. The lowest BCUT2D eigenvalue weighted by Gasteiger charge is -2.11. The Hall–Kier alpha value is -3.58. The molecule has 0 aliphatic rings. The van der Waals surface area contributed by atoms with Gasteiger partial charge in [-0.1, -0.05) is 35.8 Å². The Labute approximate surface area is 196 Å². The van der Waals surface area contributed by atoms with Gasteiger partial charge in [-0.3, -0.25) is 0 Å². The number of aryl methyl sites for hydroxylation is 1. The topological polar surface area (TPSA) is 90.4 Å². The van der Waals surface area contributed by atoms with E-state index >= 15 is 0 Å². The maximum atomic E-state index is 11.3. The molecular weight excluding hydrogens is 442 g/mol. The highest BCUT2D eigenvalue weighted by Crippen LogP contribution is 2.36. The van der Waals surface area contributed by atoms with Crippen molar-refractivity contribution in [1.29, 1.82) is 0 Å². The molecule has 1 N–H and O–H groups in total. The van der Waals surface area contributed by atoms with Gasteiger partial charge in [0.15, 0.2) is 0 Å². The first kappa shape index (κ1) is 22.6. The Kier molecular flexibility index (Phi) is 6.24. The predicted molar refractivity (Wildman–Crippen MR) is 128 cm³/mol. The van der Waals surface area contributed by atoms with Gasteiger partial charge < -0.3 is 18.9 Å². The van der Waals surface area contributed by atoms with E-state index in [2.05, 4.69) is 10.1 Å². The Balaban J connectivity index is 1.76. The van der Waals surface area contributed by atoms with E-state index in [0.29, 0.717) is 34.5 Å². The lowest BCUT2D eigenvalue weighted by molar-refractivity contribution is -0.131. The number of nitrogens with zero attached hydrogens (tertiary/aromatic N) is 3. The summed E-state index contributed by atoms with van der Waals surface area (Å²) in [5.41, 5.74) is 3.98. The zero-order valence-electron chi connectivity index (χ0n) is 18.8. The maximum Gasteiger partial charge on any atom is 0.328 e. The summed E-state index contributed by atoms with van der Waals surface area (Å²) in [5.74, 6) is 0.403. The SMILES string of the molecule is CC/C(=C\C(=O)O)c1cn(C)c2c(-c3noc(-c4ccc(OC(C)C)c(Cl)c4)n3)cccc12. The molecule has 0 radical (unpaired) electrons. The van der Waals surface area contributed by atoms with Crippen molar-refractivity contribution in [2.24, 2.45) is 7.05 Å².